The molecule has 0 bridgehead atoms. The van der Waals surface area contributed by atoms with Gasteiger partial charge in [0.1, 0.15) is 13.2 Å². The Morgan fingerprint density at radius 3 is 1.68 bits per heavy atom. The van der Waals surface area contributed by atoms with Crippen molar-refractivity contribution in [2.24, 2.45) is 5.92 Å². The van der Waals surface area contributed by atoms with Crippen LogP contribution >= 0.6 is 0 Å². The molecule has 2 atom stereocenters. The summed E-state index contributed by atoms with van der Waals surface area (Å²) in [5, 5.41) is 25.5. The van der Waals surface area contributed by atoms with Crippen molar-refractivity contribution in [1.82, 2.24) is 0 Å². The zero-order valence-electron chi connectivity index (χ0n) is 27.4. The fourth-order valence-corrected chi connectivity index (χ4v) is 5.90. The molecule has 2 N–H and O–H groups in total. The lowest BCUT2D eigenvalue weighted by atomic mass is 9.71. The number of ether oxygens (including phenoxy) is 3. The van der Waals surface area contributed by atoms with Gasteiger partial charge in [-0.05, 0) is 75.4 Å². The summed E-state index contributed by atoms with van der Waals surface area (Å²) in [6.07, 6.45) is 1.99. The van der Waals surface area contributed by atoms with Crippen LogP contribution in [-0.2, 0) is 29.4 Å². The molecule has 3 rings (SSSR count). The number of anilines is 2. The van der Waals surface area contributed by atoms with Crippen LogP contribution in [0.3, 0.4) is 0 Å². The molecule has 9 heteroatoms. The van der Waals surface area contributed by atoms with E-state index in [0.717, 1.165) is 63.2 Å². The maximum absolute atomic E-state index is 14.2. The highest BCUT2D eigenvalue weighted by Crippen LogP contribution is 2.45. The van der Waals surface area contributed by atoms with Crippen LogP contribution < -0.4 is 9.80 Å². The monoisotopic (exact) mass is 612 g/mol. The van der Waals surface area contributed by atoms with Crippen molar-refractivity contribution in [3.8, 4) is 0 Å². The molecular weight excluding hydrogens is 560 g/mol. The molecule has 9 nitrogen and oxygen atoms in total. The second-order valence-electron chi connectivity index (χ2n) is 11.4. The summed E-state index contributed by atoms with van der Waals surface area (Å²) in [6.45, 7) is 14.9. The summed E-state index contributed by atoms with van der Waals surface area (Å²) < 4.78 is 17.1. The Balaban J connectivity index is 2.19. The summed E-state index contributed by atoms with van der Waals surface area (Å²) in [4.78, 5) is 30.5. The van der Waals surface area contributed by atoms with E-state index in [4.69, 9.17) is 14.2 Å². The first-order valence-electron chi connectivity index (χ1n) is 16.2. The quantitative estimate of drug-likeness (QED) is 0.237. The fourth-order valence-electron chi connectivity index (χ4n) is 5.90. The van der Waals surface area contributed by atoms with E-state index < -0.39 is 23.5 Å². The zero-order valence-corrected chi connectivity index (χ0v) is 27.4. The van der Waals surface area contributed by atoms with E-state index in [1.165, 1.54) is 0 Å². The van der Waals surface area contributed by atoms with Gasteiger partial charge in [0, 0.05) is 37.6 Å². The van der Waals surface area contributed by atoms with Crippen molar-refractivity contribution in [3.05, 3.63) is 59.7 Å². The van der Waals surface area contributed by atoms with Gasteiger partial charge in [-0.25, -0.2) is 4.79 Å². The smallest absolute Gasteiger partial charge is 0.347 e. The summed E-state index contributed by atoms with van der Waals surface area (Å²) >= 11 is 0. The van der Waals surface area contributed by atoms with Crippen LogP contribution in [0.5, 0.6) is 0 Å². The Hall–Kier alpha value is -2.98. The number of unbranched alkanes of at least 4 members (excludes halogenated alkanes) is 1. The van der Waals surface area contributed by atoms with Crippen LogP contribution in [0.15, 0.2) is 48.5 Å². The van der Waals surface area contributed by atoms with Crippen LogP contribution in [0.4, 0.5) is 11.4 Å². The second-order valence-corrected chi connectivity index (χ2v) is 11.4. The largest absolute Gasteiger partial charge is 0.463 e. The molecule has 1 fully saturated rings. The number of hydrogen-bond donors (Lipinski definition) is 2. The minimum Gasteiger partial charge on any atom is -0.463 e. The molecule has 244 valence electrons. The third-order valence-electron chi connectivity index (χ3n) is 8.82. The molecule has 44 heavy (non-hydrogen) atoms. The van der Waals surface area contributed by atoms with Gasteiger partial charge in [-0.15, -0.1) is 0 Å². The van der Waals surface area contributed by atoms with Gasteiger partial charge < -0.3 is 34.2 Å². The maximum Gasteiger partial charge on any atom is 0.347 e. The number of carbonyl (C=O) groups is 2. The number of Topliss-reactive ketones (excluding diaryl/α,β-unsaturated/α-hetero) is 1. The SMILES string of the molecule is CCCCC(CC)COC(=O)C(O)(C1OCC(=O)CO1)C(O)(c1ccc(N(CC)CC)cc1)c1ccc(N(CC)CC)cc1. The highest BCUT2D eigenvalue weighted by Gasteiger charge is 2.65. The van der Waals surface area contributed by atoms with E-state index in [-0.39, 0.29) is 42.6 Å². The molecule has 1 heterocycles. The highest BCUT2D eigenvalue weighted by molar-refractivity contribution is 5.85. The van der Waals surface area contributed by atoms with E-state index in [2.05, 4.69) is 44.4 Å². The molecule has 0 saturated carbocycles. The summed E-state index contributed by atoms with van der Waals surface area (Å²) in [6, 6.07) is 14.2. The van der Waals surface area contributed by atoms with Gasteiger partial charge in [0.2, 0.25) is 6.29 Å². The van der Waals surface area contributed by atoms with Crippen molar-refractivity contribution in [2.75, 3.05) is 55.8 Å². The van der Waals surface area contributed by atoms with Crippen molar-refractivity contribution in [3.63, 3.8) is 0 Å². The molecular formula is C35H52N2O7. The minimum atomic E-state index is -2.76. The Morgan fingerprint density at radius 2 is 1.30 bits per heavy atom. The van der Waals surface area contributed by atoms with Gasteiger partial charge in [0.15, 0.2) is 11.4 Å². The highest BCUT2D eigenvalue weighted by atomic mass is 16.7. The normalized spacial score (nSPS) is 16.3. The van der Waals surface area contributed by atoms with Gasteiger partial charge >= 0.3 is 5.97 Å². The van der Waals surface area contributed by atoms with Gasteiger partial charge in [-0.3, -0.25) is 4.79 Å². The van der Waals surface area contributed by atoms with Crippen LogP contribution in [0.25, 0.3) is 0 Å². The molecule has 1 saturated heterocycles. The molecule has 1 aliphatic rings. The number of hydrogen-bond acceptors (Lipinski definition) is 9. The van der Waals surface area contributed by atoms with Crippen molar-refractivity contribution in [1.29, 1.82) is 0 Å². The lowest BCUT2D eigenvalue weighted by molar-refractivity contribution is -0.293. The number of nitrogens with zero attached hydrogens (tertiary/aromatic N) is 2. The lowest BCUT2D eigenvalue weighted by Crippen LogP contribution is -2.67. The molecule has 0 amide bonds. The predicted octanol–water partition coefficient (Wildman–Crippen LogP) is 5.05. The number of rotatable bonds is 17. The predicted molar refractivity (Wildman–Crippen MR) is 173 cm³/mol. The van der Waals surface area contributed by atoms with Crippen LogP contribution in [0.1, 0.15) is 78.4 Å². The average molecular weight is 613 g/mol. The third kappa shape index (κ3) is 7.45. The molecule has 0 aliphatic carbocycles. The van der Waals surface area contributed by atoms with Crippen LogP contribution in [0.2, 0.25) is 0 Å². The number of benzene rings is 2. The van der Waals surface area contributed by atoms with Crippen molar-refractivity contribution >= 4 is 23.1 Å². The fraction of sp³-hybridized carbons (Fsp3) is 0.600. The van der Waals surface area contributed by atoms with Gasteiger partial charge in [-0.2, -0.15) is 0 Å². The van der Waals surface area contributed by atoms with E-state index in [1.807, 2.05) is 31.2 Å². The standard InChI is InChI=1S/C35H52N2O7/c1-7-13-14-26(8-2)23-42-32(39)35(41,33-43-24-31(38)25-44-33)34(40,27-15-19-29(20-16-27)36(9-3)10-4)28-17-21-30(22-18-28)37(11-5)12-6/h15-22,26,33,40-41H,7-14,23-25H2,1-6H3. The van der Waals surface area contributed by atoms with Gasteiger partial charge in [0.05, 0.1) is 6.61 Å². The first kappa shape index (κ1) is 35.5. The zero-order chi connectivity index (χ0) is 32.3. The van der Waals surface area contributed by atoms with Crippen molar-refractivity contribution in [2.45, 2.75) is 84.7 Å². The average Bonchev–Trinajstić information content (AvgIpc) is 3.06. The molecule has 0 aromatic heterocycles. The number of ketones is 1. The lowest BCUT2D eigenvalue weighted by Gasteiger charge is -2.46. The number of carbonyl (C=O) groups excluding carboxylic acids is 2. The Labute approximate surface area is 263 Å². The molecule has 0 spiro atoms. The van der Waals surface area contributed by atoms with Crippen LogP contribution in [-0.4, -0.2) is 79.9 Å². The summed E-state index contributed by atoms with van der Waals surface area (Å²) in [5.74, 6) is -1.32. The van der Waals surface area contributed by atoms with Crippen LogP contribution in [0, 0.1) is 5.92 Å². The van der Waals surface area contributed by atoms with E-state index >= 15 is 0 Å². The second kappa shape index (κ2) is 16.4. The number of aliphatic hydroxyl groups is 2. The Kier molecular flexibility index (Phi) is 13.2. The summed E-state index contributed by atoms with van der Waals surface area (Å²) in [5.41, 5.74) is -2.76. The third-order valence-corrected chi connectivity index (χ3v) is 8.82. The molecule has 2 aromatic carbocycles. The molecule has 2 aromatic rings. The van der Waals surface area contributed by atoms with E-state index in [9.17, 15) is 19.8 Å². The Bertz CT molecular complexity index is 1110. The maximum atomic E-state index is 14.2. The molecule has 2 unspecified atom stereocenters. The topological polar surface area (TPSA) is 109 Å². The number of esters is 1. The van der Waals surface area contributed by atoms with Gasteiger partial charge in [-0.1, -0.05) is 57.4 Å². The first-order valence-corrected chi connectivity index (χ1v) is 16.2. The van der Waals surface area contributed by atoms with Crippen molar-refractivity contribution < 1.29 is 34.0 Å². The first-order chi connectivity index (χ1) is 21.1. The Morgan fingerprint density at radius 1 is 0.841 bits per heavy atom. The molecule has 1 aliphatic heterocycles. The minimum absolute atomic E-state index is 0.0706. The van der Waals surface area contributed by atoms with E-state index in [1.54, 1.807) is 24.3 Å². The summed E-state index contributed by atoms with van der Waals surface area (Å²) in [7, 11) is 0. The van der Waals surface area contributed by atoms with E-state index in [0.29, 0.717) is 0 Å². The molecule has 0 radical (unpaired) electrons. The van der Waals surface area contributed by atoms with Gasteiger partial charge in [0.25, 0.3) is 5.60 Å².